The molecule has 0 saturated carbocycles. The van der Waals surface area contributed by atoms with Crippen LogP contribution in [0.5, 0.6) is 5.75 Å². The Balaban J connectivity index is 1.80. The lowest BCUT2D eigenvalue weighted by Crippen LogP contribution is -2.56. The van der Waals surface area contributed by atoms with E-state index in [2.05, 4.69) is 0 Å². The lowest BCUT2D eigenvalue weighted by Gasteiger charge is -2.40. The van der Waals surface area contributed by atoms with Gasteiger partial charge in [0.1, 0.15) is 30.2 Å². The minimum Gasteiger partial charge on any atom is -0.497 e. The second kappa shape index (κ2) is 8.99. The molecule has 9 heteroatoms. The number of benzene rings is 2. The Bertz CT molecular complexity index is 1070. The van der Waals surface area contributed by atoms with Crippen molar-refractivity contribution in [2.75, 3.05) is 13.7 Å². The molecule has 31 heavy (non-hydrogen) atoms. The number of aryl methyl sites for hydroxylation is 1. The third-order valence-corrected chi connectivity index (χ3v) is 6.76. The summed E-state index contributed by atoms with van der Waals surface area (Å²) in [6.07, 6.45) is -4.49. The molecular formula is C22H24ClNO6S. The van der Waals surface area contributed by atoms with Crippen molar-refractivity contribution in [3.8, 4) is 5.75 Å². The van der Waals surface area contributed by atoms with Crippen LogP contribution >= 0.6 is 23.4 Å². The molecule has 1 aromatic heterocycles. The maximum absolute atomic E-state index is 10.6. The van der Waals surface area contributed by atoms with Gasteiger partial charge in [-0.1, -0.05) is 23.4 Å². The predicted molar refractivity (Wildman–Crippen MR) is 118 cm³/mol. The average molecular weight is 466 g/mol. The highest BCUT2D eigenvalue weighted by molar-refractivity contribution is 7.99. The molecule has 4 N–H and O–H groups in total. The monoisotopic (exact) mass is 465 g/mol. The highest BCUT2D eigenvalue weighted by Gasteiger charge is 2.44. The number of aromatic nitrogens is 1. The van der Waals surface area contributed by atoms with Gasteiger partial charge in [0.05, 0.1) is 24.3 Å². The lowest BCUT2D eigenvalue weighted by molar-refractivity contribution is -0.250. The first-order valence-electron chi connectivity index (χ1n) is 9.77. The van der Waals surface area contributed by atoms with Crippen LogP contribution in [0.25, 0.3) is 10.9 Å². The largest absolute Gasteiger partial charge is 0.497 e. The van der Waals surface area contributed by atoms with Crippen LogP contribution in [0.15, 0.2) is 52.4 Å². The number of methoxy groups -OCH3 is 1. The van der Waals surface area contributed by atoms with E-state index in [0.717, 1.165) is 26.5 Å². The topological polar surface area (TPSA) is 104 Å². The number of halogens is 1. The first kappa shape index (κ1) is 22.4. The molecule has 0 amide bonds. The molecule has 0 aliphatic carbocycles. The van der Waals surface area contributed by atoms with Gasteiger partial charge >= 0.3 is 0 Å². The number of aliphatic hydroxyl groups is 4. The molecule has 0 spiro atoms. The fourth-order valence-electron chi connectivity index (χ4n) is 3.80. The number of hydrogen-bond acceptors (Lipinski definition) is 7. The summed E-state index contributed by atoms with van der Waals surface area (Å²) in [7, 11) is 1.61. The first-order chi connectivity index (χ1) is 14.8. The number of fused-ring (bicyclic) bond motifs is 1. The molecule has 1 fully saturated rings. The van der Waals surface area contributed by atoms with Gasteiger partial charge in [-0.05, 0) is 48.9 Å². The van der Waals surface area contributed by atoms with Gasteiger partial charge in [-0.3, -0.25) is 0 Å². The fraction of sp³-hybridized carbons (Fsp3) is 0.364. The van der Waals surface area contributed by atoms with Crippen molar-refractivity contribution >= 4 is 34.3 Å². The summed E-state index contributed by atoms with van der Waals surface area (Å²) in [6.45, 7) is 1.42. The third kappa shape index (κ3) is 4.17. The van der Waals surface area contributed by atoms with Crippen molar-refractivity contribution in [3.05, 3.63) is 53.2 Å². The summed E-state index contributed by atoms with van der Waals surface area (Å²) in [6, 6.07) is 11.4. The Kier molecular flexibility index (Phi) is 6.50. The molecule has 3 aromatic rings. The molecule has 0 bridgehead atoms. The number of nitrogens with zero attached hydrogens (tertiary/aromatic N) is 1. The summed E-state index contributed by atoms with van der Waals surface area (Å²) in [4.78, 5) is 1.80. The molecule has 2 heterocycles. The molecule has 2 aromatic carbocycles. The van der Waals surface area contributed by atoms with Crippen LogP contribution in [0.2, 0.25) is 5.02 Å². The van der Waals surface area contributed by atoms with Crippen LogP contribution in [0, 0.1) is 6.92 Å². The zero-order valence-electron chi connectivity index (χ0n) is 17.0. The summed E-state index contributed by atoms with van der Waals surface area (Å²) >= 11 is 8.09. The zero-order chi connectivity index (χ0) is 22.3. The highest BCUT2D eigenvalue weighted by atomic mass is 35.5. The Morgan fingerprint density at radius 2 is 1.81 bits per heavy atom. The van der Waals surface area contributed by atoms with Crippen LogP contribution in [-0.2, 0) is 4.74 Å². The molecule has 1 aliphatic heterocycles. The highest BCUT2D eigenvalue weighted by Crippen LogP contribution is 2.42. The van der Waals surface area contributed by atoms with Crippen LogP contribution < -0.4 is 4.74 Å². The predicted octanol–water partition coefficient (Wildman–Crippen LogP) is 2.74. The quantitative estimate of drug-likeness (QED) is 0.459. The van der Waals surface area contributed by atoms with Gasteiger partial charge in [0.25, 0.3) is 0 Å². The second-order valence-electron chi connectivity index (χ2n) is 7.54. The molecule has 166 valence electrons. The van der Waals surface area contributed by atoms with Gasteiger partial charge in [-0.25, -0.2) is 0 Å². The van der Waals surface area contributed by atoms with Crippen LogP contribution in [0.4, 0.5) is 0 Å². The maximum atomic E-state index is 10.6. The first-order valence-corrected chi connectivity index (χ1v) is 11.0. The summed E-state index contributed by atoms with van der Waals surface area (Å²) < 4.78 is 12.7. The van der Waals surface area contributed by atoms with Crippen LogP contribution in [-0.4, -0.2) is 63.1 Å². The van der Waals surface area contributed by atoms with Gasteiger partial charge in [-0.15, -0.1) is 0 Å². The third-order valence-electron chi connectivity index (χ3n) is 5.42. The molecule has 1 saturated heterocycles. The normalized spacial score (nSPS) is 26.4. The van der Waals surface area contributed by atoms with Gasteiger partial charge in [0.15, 0.2) is 6.23 Å². The van der Waals surface area contributed by atoms with E-state index in [1.807, 2.05) is 43.3 Å². The number of ether oxygens (including phenoxy) is 2. The van der Waals surface area contributed by atoms with Crippen LogP contribution in [0.1, 0.15) is 11.8 Å². The smallest absolute Gasteiger partial charge is 0.163 e. The van der Waals surface area contributed by atoms with Crippen molar-refractivity contribution in [2.24, 2.45) is 0 Å². The zero-order valence-corrected chi connectivity index (χ0v) is 18.5. The Morgan fingerprint density at radius 3 is 2.45 bits per heavy atom. The van der Waals surface area contributed by atoms with E-state index in [1.165, 1.54) is 11.8 Å². The standard InChI is InChI=1S/C22H24ClNO6S/c1-11-7-14(23)18-15(8-11)24(22-21(28)20(27)19(26)16(10-25)30-22)9-17(18)31-13-5-3-12(29-2)4-6-13/h3-9,16,19-22,25-28H,10H2,1-2H3/t16-,19-,20+,21-,22-/m1/s1. The molecule has 4 rings (SSSR count). The van der Waals surface area contributed by atoms with Gasteiger partial charge in [-0.2, -0.15) is 0 Å². The number of aliphatic hydroxyl groups excluding tert-OH is 4. The van der Waals surface area contributed by atoms with E-state index in [0.29, 0.717) is 10.5 Å². The maximum Gasteiger partial charge on any atom is 0.163 e. The van der Waals surface area contributed by atoms with Crippen molar-refractivity contribution < 1.29 is 29.9 Å². The molecular weight excluding hydrogens is 442 g/mol. The summed E-state index contributed by atoms with van der Waals surface area (Å²) in [5.41, 5.74) is 1.63. The molecule has 7 nitrogen and oxygen atoms in total. The van der Waals surface area contributed by atoms with Crippen molar-refractivity contribution in [1.29, 1.82) is 0 Å². The fourth-order valence-corrected chi connectivity index (χ4v) is 5.24. The molecule has 0 unspecified atom stereocenters. The van der Waals surface area contributed by atoms with Crippen LogP contribution in [0.3, 0.4) is 0 Å². The van der Waals surface area contributed by atoms with E-state index < -0.39 is 37.3 Å². The summed E-state index contributed by atoms with van der Waals surface area (Å²) in [5, 5.41) is 41.9. The molecule has 1 aliphatic rings. The SMILES string of the molecule is COc1ccc(Sc2cn([C@@H]3O[C@H](CO)[C@@H](O)[C@H](O)[C@H]3O)c3cc(C)cc(Cl)c23)cc1. The van der Waals surface area contributed by atoms with Gasteiger partial charge in [0, 0.05) is 21.4 Å². The van der Waals surface area contributed by atoms with E-state index in [1.54, 1.807) is 17.9 Å². The Morgan fingerprint density at radius 1 is 1.10 bits per heavy atom. The van der Waals surface area contributed by atoms with Crippen molar-refractivity contribution in [1.82, 2.24) is 4.57 Å². The van der Waals surface area contributed by atoms with Gasteiger partial charge < -0.3 is 34.5 Å². The van der Waals surface area contributed by atoms with E-state index in [4.69, 9.17) is 21.1 Å². The Labute approximate surface area is 188 Å². The van der Waals surface area contributed by atoms with E-state index >= 15 is 0 Å². The molecule has 5 atom stereocenters. The van der Waals surface area contributed by atoms with Crippen molar-refractivity contribution in [2.45, 2.75) is 47.4 Å². The number of rotatable bonds is 5. The summed E-state index contributed by atoms with van der Waals surface area (Å²) in [5.74, 6) is 0.752. The Hall–Kier alpha value is -1.78. The minimum atomic E-state index is -1.47. The molecule has 0 radical (unpaired) electrons. The van der Waals surface area contributed by atoms with E-state index in [9.17, 15) is 20.4 Å². The van der Waals surface area contributed by atoms with E-state index in [-0.39, 0.29) is 0 Å². The minimum absolute atomic E-state index is 0.492. The van der Waals surface area contributed by atoms with Gasteiger partial charge in [0.2, 0.25) is 0 Å². The van der Waals surface area contributed by atoms with Crippen molar-refractivity contribution in [3.63, 3.8) is 0 Å². The lowest BCUT2D eigenvalue weighted by atomic mass is 9.98. The second-order valence-corrected chi connectivity index (χ2v) is 9.06. The average Bonchev–Trinajstić information content (AvgIpc) is 3.11. The number of hydrogen-bond donors (Lipinski definition) is 4.